The Morgan fingerprint density at radius 3 is 2.21 bits per heavy atom. The van der Waals surface area contributed by atoms with E-state index in [1.54, 1.807) is 24.3 Å². The van der Waals surface area contributed by atoms with Crippen LogP contribution in [-0.2, 0) is 32.5 Å². The number of benzene rings is 2. The molecule has 8 nitrogen and oxygen atoms in total. The summed E-state index contributed by atoms with van der Waals surface area (Å²) in [6, 6.07) is 14.2. The fourth-order valence-electron chi connectivity index (χ4n) is 3.22. The molecule has 10 heteroatoms. The molecule has 1 N–H and O–H groups in total. The zero-order valence-electron chi connectivity index (χ0n) is 18.0. The van der Waals surface area contributed by atoms with Crippen LogP contribution in [0, 0.1) is 0 Å². The van der Waals surface area contributed by atoms with Crippen LogP contribution in [0.25, 0.3) is 0 Å². The number of aliphatic carboxylic acids is 1. The number of rotatable bonds is 10. The molecule has 0 aliphatic heterocycles. The number of carboxylic acids is 1. The van der Waals surface area contributed by atoms with E-state index in [-0.39, 0.29) is 17.9 Å². The molecule has 0 amide bonds. The molecule has 3 aromatic rings. The SMILES string of the molecule is COC(=O)c1ccc(CN([C@H](Cc2cccs2)C(=O)O)S(=O)(=O)c2ccc(OC)cc2)cc1. The van der Waals surface area contributed by atoms with Crippen LogP contribution in [0.2, 0.25) is 0 Å². The van der Waals surface area contributed by atoms with Gasteiger partial charge >= 0.3 is 11.9 Å². The first-order chi connectivity index (χ1) is 15.8. The molecule has 0 aliphatic rings. The Morgan fingerprint density at radius 1 is 1.03 bits per heavy atom. The quantitative estimate of drug-likeness (QED) is 0.435. The first-order valence-corrected chi connectivity index (χ1v) is 12.2. The van der Waals surface area contributed by atoms with Gasteiger partial charge in [-0.3, -0.25) is 4.79 Å². The third kappa shape index (κ3) is 5.78. The molecule has 3 rings (SSSR count). The largest absolute Gasteiger partial charge is 0.497 e. The van der Waals surface area contributed by atoms with Gasteiger partial charge in [0.05, 0.1) is 24.7 Å². The molecule has 0 aliphatic carbocycles. The van der Waals surface area contributed by atoms with Crippen LogP contribution in [-0.4, -0.2) is 50.0 Å². The average Bonchev–Trinajstić information content (AvgIpc) is 3.34. The van der Waals surface area contributed by atoms with Gasteiger partial charge in [-0.15, -0.1) is 11.3 Å². The summed E-state index contributed by atoms with van der Waals surface area (Å²) in [5.41, 5.74) is 0.830. The molecule has 0 saturated carbocycles. The zero-order chi connectivity index (χ0) is 24.0. The van der Waals surface area contributed by atoms with Crippen LogP contribution in [0.1, 0.15) is 20.8 Å². The normalized spacial score (nSPS) is 12.3. The number of hydrogen-bond acceptors (Lipinski definition) is 7. The Morgan fingerprint density at radius 2 is 1.70 bits per heavy atom. The van der Waals surface area contributed by atoms with Gasteiger partial charge in [0.2, 0.25) is 10.0 Å². The maximum absolute atomic E-state index is 13.6. The van der Waals surface area contributed by atoms with Crippen molar-refractivity contribution in [1.29, 1.82) is 0 Å². The van der Waals surface area contributed by atoms with Gasteiger partial charge in [-0.1, -0.05) is 18.2 Å². The van der Waals surface area contributed by atoms with Crippen molar-refractivity contribution < 1.29 is 32.6 Å². The van der Waals surface area contributed by atoms with Crippen LogP contribution in [0.4, 0.5) is 0 Å². The number of thiophene rings is 1. The van der Waals surface area contributed by atoms with Crippen LogP contribution < -0.4 is 4.74 Å². The lowest BCUT2D eigenvalue weighted by molar-refractivity contribution is -0.141. The molecule has 0 radical (unpaired) electrons. The van der Waals surface area contributed by atoms with E-state index in [2.05, 4.69) is 4.74 Å². The summed E-state index contributed by atoms with van der Waals surface area (Å²) in [5.74, 6) is -1.30. The van der Waals surface area contributed by atoms with Crippen LogP contribution in [0.5, 0.6) is 5.75 Å². The molecule has 1 atom stereocenters. The smallest absolute Gasteiger partial charge is 0.337 e. The summed E-state index contributed by atoms with van der Waals surface area (Å²) in [7, 11) is -1.46. The molecule has 1 heterocycles. The lowest BCUT2D eigenvalue weighted by atomic mass is 10.1. The van der Waals surface area contributed by atoms with Crippen molar-refractivity contribution in [3.05, 3.63) is 82.0 Å². The second kappa shape index (κ2) is 10.6. The molecule has 0 bridgehead atoms. The first-order valence-electron chi connectivity index (χ1n) is 9.84. The molecular formula is C23H23NO7S2. The van der Waals surface area contributed by atoms with E-state index in [0.717, 1.165) is 9.18 Å². The molecule has 0 spiro atoms. The molecule has 0 saturated heterocycles. The topological polar surface area (TPSA) is 110 Å². The van der Waals surface area contributed by atoms with Crippen molar-refractivity contribution >= 4 is 33.3 Å². The van der Waals surface area contributed by atoms with Gasteiger partial charge < -0.3 is 14.6 Å². The van der Waals surface area contributed by atoms with E-state index < -0.39 is 28.0 Å². The van der Waals surface area contributed by atoms with E-state index >= 15 is 0 Å². The number of nitrogens with zero attached hydrogens (tertiary/aromatic N) is 1. The second-order valence-corrected chi connectivity index (χ2v) is 9.97. The lowest BCUT2D eigenvalue weighted by Gasteiger charge is -2.28. The molecule has 1 aromatic heterocycles. The summed E-state index contributed by atoms with van der Waals surface area (Å²) in [4.78, 5) is 24.6. The number of carbonyl (C=O) groups is 2. The molecule has 2 aromatic carbocycles. The van der Waals surface area contributed by atoms with Crippen molar-refractivity contribution in [3.8, 4) is 5.75 Å². The molecular weight excluding hydrogens is 466 g/mol. The first kappa shape index (κ1) is 24.4. The minimum atomic E-state index is -4.19. The Bertz CT molecular complexity index is 1190. The summed E-state index contributed by atoms with van der Waals surface area (Å²) in [6.07, 6.45) is 0.0165. The van der Waals surface area contributed by atoms with Crippen molar-refractivity contribution in [3.63, 3.8) is 0 Å². The number of ether oxygens (including phenoxy) is 2. The highest BCUT2D eigenvalue weighted by Crippen LogP contribution is 2.26. The summed E-state index contributed by atoms with van der Waals surface area (Å²) >= 11 is 1.36. The highest BCUT2D eigenvalue weighted by atomic mass is 32.2. The van der Waals surface area contributed by atoms with Crippen molar-refractivity contribution in [2.45, 2.75) is 23.9 Å². The van der Waals surface area contributed by atoms with E-state index in [0.29, 0.717) is 16.9 Å². The molecule has 0 unspecified atom stereocenters. The highest BCUT2D eigenvalue weighted by molar-refractivity contribution is 7.89. The van der Waals surface area contributed by atoms with Crippen molar-refractivity contribution in [1.82, 2.24) is 4.31 Å². The van der Waals surface area contributed by atoms with Crippen molar-refractivity contribution in [2.24, 2.45) is 0 Å². The predicted molar refractivity (Wildman–Crippen MR) is 123 cm³/mol. The van der Waals surface area contributed by atoms with Crippen LogP contribution in [0.15, 0.2) is 70.9 Å². The number of hydrogen-bond donors (Lipinski definition) is 1. The number of sulfonamides is 1. The van der Waals surface area contributed by atoms with Crippen molar-refractivity contribution in [2.75, 3.05) is 14.2 Å². The maximum Gasteiger partial charge on any atom is 0.337 e. The van der Waals surface area contributed by atoms with Gasteiger partial charge in [-0.05, 0) is 53.4 Å². The second-order valence-electron chi connectivity index (χ2n) is 7.05. The van der Waals surface area contributed by atoms with Gasteiger partial charge in [-0.25, -0.2) is 13.2 Å². The summed E-state index contributed by atoms with van der Waals surface area (Å²) < 4.78 is 37.9. The van der Waals surface area contributed by atoms with Crippen LogP contribution >= 0.6 is 11.3 Å². The molecule has 33 heavy (non-hydrogen) atoms. The standard InChI is InChI=1S/C23H23NO7S2/c1-30-18-9-11-20(12-10-18)33(28,29)24(21(22(25)26)14-19-4-3-13-32-19)15-16-5-7-17(8-6-16)23(27)31-2/h3-13,21H,14-15H2,1-2H3,(H,25,26)/t21-/m1/s1. The maximum atomic E-state index is 13.6. The highest BCUT2D eigenvalue weighted by Gasteiger charge is 2.36. The minimum absolute atomic E-state index is 0.0165. The predicted octanol–water partition coefficient (Wildman–Crippen LogP) is 3.43. The third-order valence-corrected chi connectivity index (χ3v) is 7.75. The van der Waals surface area contributed by atoms with E-state index in [9.17, 15) is 23.1 Å². The lowest BCUT2D eigenvalue weighted by Crippen LogP contribution is -2.45. The summed E-state index contributed by atoms with van der Waals surface area (Å²) in [6.45, 7) is -0.196. The Hall–Kier alpha value is -3.21. The van der Waals surface area contributed by atoms with Gasteiger partial charge in [0.15, 0.2) is 0 Å². The van der Waals surface area contributed by atoms with Gasteiger partial charge in [0.1, 0.15) is 11.8 Å². The fraction of sp³-hybridized carbons (Fsp3) is 0.217. The Labute approximate surface area is 196 Å². The average molecular weight is 490 g/mol. The Kier molecular flexibility index (Phi) is 7.85. The molecule has 0 fully saturated rings. The zero-order valence-corrected chi connectivity index (χ0v) is 19.6. The summed E-state index contributed by atoms with van der Waals surface area (Å²) in [5, 5.41) is 11.8. The van der Waals surface area contributed by atoms with E-state index in [1.165, 1.54) is 62.0 Å². The number of esters is 1. The number of carbonyl (C=O) groups excluding carboxylic acids is 1. The molecule has 174 valence electrons. The van der Waals surface area contributed by atoms with Crippen LogP contribution in [0.3, 0.4) is 0 Å². The van der Waals surface area contributed by atoms with E-state index in [4.69, 9.17) is 4.74 Å². The fourth-order valence-corrected chi connectivity index (χ4v) is 5.53. The number of methoxy groups -OCH3 is 2. The number of carboxylic acid groups (broad SMARTS) is 1. The van der Waals surface area contributed by atoms with Gasteiger partial charge in [0.25, 0.3) is 0 Å². The van der Waals surface area contributed by atoms with E-state index in [1.807, 2.05) is 5.38 Å². The van der Waals surface area contributed by atoms with Gasteiger partial charge in [-0.2, -0.15) is 4.31 Å². The monoisotopic (exact) mass is 489 g/mol. The Balaban J connectivity index is 2.02. The third-order valence-electron chi connectivity index (χ3n) is 4.99. The van der Waals surface area contributed by atoms with Gasteiger partial charge in [0, 0.05) is 17.8 Å². The minimum Gasteiger partial charge on any atom is -0.497 e.